The van der Waals surface area contributed by atoms with Crippen molar-refractivity contribution in [3.8, 4) is 0 Å². The van der Waals surface area contributed by atoms with Gasteiger partial charge in [-0.1, -0.05) is 0 Å². The molecule has 0 aromatic rings. The van der Waals surface area contributed by atoms with Crippen LogP contribution in [0.1, 0.15) is 92.9 Å². The molecule has 0 unspecified atom stereocenters. The Balaban J connectivity index is 1.73. The van der Waals surface area contributed by atoms with E-state index in [1.165, 1.54) is 0 Å². The van der Waals surface area contributed by atoms with Crippen LogP contribution in [0.25, 0.3) is 0 Å². The number of alkyl carbamates (subject to hydrolysis) is 2. The Morgan fingerprint density at radius 3 is 1.25 bits per heavy atom. The van der Waals surface area contributed by atoms with Crippen molar-refractivity contribution in [2.45, 2.75) is 110 Å². The molecule has 2 fully saturated rings. The molecule has 0 aliphatic heterocycles. The minimum absolute atomic E-state index is 0.166. The second-order valence-electron chi connectivity index (χ2n) is 12.7. The summed E-state index contributed by atoms with van der Waals surface area (Å²) >= 11 is 0. The summed E-state index contributed by atoms with van der Waals surface area (Å²) in [6.45, 7) is 11.5. The standard InChI is InChI=1S/C28H46N2O10/c1-27(2,3)39-25(35)29-15-17-7-11-19(12-8-17)22(33)37-24(21(31)32)38-23(34)20-13-9-18(10-14-20)16-30-26(36)40-28(4,5)6/h17-20,24H,7-16H2,1-6H3,(H,29,35)(H,30,36)(H,31,32)/t17-,18-,19-,20-. The smallest absolute Gasteiger partial charge is 0.407 e. The van der Waals surface area contributed by atoms with Crippen LogP contribution < -0.4 is 10.6 Å². The van der Waals surface area contributed by atoms with Crippen molar-refractivity contribution in [1.82, 2.24) is 10.6 Å². The Hall–Kier alpha value is -3.05. The summed E-state index contributed by atoms with van der Waals surface area (Å²) in [6.07, 6.45) is 1.51. The third-order valence-electron chi connectivity index (χ3n) is 6.88. The zero-order valence-electron chi connectivity index (χ0n) is 24.6. The summed E-state index contributed by atoms with van der Waals surface area (Å²) in [7, 11) is 0. The van der Waals surface area contributed by atoms with Gasteiger partial charge in [0.05, 0.1) is 11.8 Å². The Morgan fingerprint density at radius 1 is 0.650 bits per heavy atom. The molecule has 0 aromatic heterocycles. The molecular weight excluding hydrogens is 524 g/mol. The second kappa shape index (κ2) is 14.5. The number of aliphatic carboxylic acids is 1. The fourth-order valence-electron chi connectivity index (χ4n) is 4.82. The van der Waals surface area contributed by atoms with Crippen LogP contribution in [0.4, 0.5) is 9.59 Å². The van der Waals surface area contributed by atoms with Crippen molar-refractivity contribution < 1.29 is 48.0 Å². The minimum atomic E-state index is -2.00. The van der Waals surface area contributed by atoms with Gasteiger partial charge in [0, 0.05) is 13.1 Å². The van der Waals surface area contributed by atoms with Crippen LogP contribution in [0.3, 0.4) is 0 Å². The highest BCUT2D eigenvalue weighted by molar-refractivity contribution is 5.81. The molecule has 12 nitrogen and oxygen atoms in total. The maximum Gasteiger partial charge on any atom is 0.407 e. The number of carboxylic acids is 1. The zero-order chi connectivity index (χ0) is 30.1. The molecule has 0 radical (unpaired) electrons. The number of hydrogen-bond donors (Lipinski definition) is 3. The van der Waals surface area contributed by atoms with Gasteiger partial charge in [-0.05, 0) is 105 Å². The van der Waals surface area contributed by atoms with Crippen molar-refractivity contribution in [1.29, 1.82) is 0 Å². The lowest BCUT2D eigenvalue weighted by Crippen LogP contribution is -2.39. The average Bonchev–Trinajstić information content (AvgIpc) is 2.84. The third-order valence-corrected chi connectivity index (χ3v) is 6.88. The van der Waals surface area contributed by atoms with Gasteiger partial charge in [-0.2, -0.15) is 0 Å². The van der Waals surface area contributed by atoms with Gasteiger partial charge >= 0.3 is 36.4 Å². The van der Waals surface area contributed by atoms with E-state index in [1.807, 2.05) is 0 Å². The highest BCUT2D eigenvalue weighted by atomic mass is 16.7. The van der Waals surface area contributed by atoms with E-state index in [0.29, 0.717) is 64.5 Å². The van der Waals surface area contributed by atoms with E-state index in [4.69, 9.17) is 18.9 Å². The Morgan fingerprint density at radius 2 is 0.975 bits per heavy atom. The largest absolute Gasteiger partial charge is 0.476 e. The summed E-state index contributed by atoms with van der Waals surface area (Å²) in [4.78, 5) is 60.7. The quantitative estimate of drug-likeness (QED) is 0.208. The van der Waals surface area contributed by atoms with Gasteiger partial charge in [-0.25, -0.2) is 14.4 Å². The molecule has 2 amide bonds. The van der Waals surface area contributed by atoms with Crippen molar-refractivity contribution in [3.63, 3.8) is 0 Å². The average molecular weight is 571 g/mol. The van der Waals surface area contributed by atoms with E-state index in [0.717, 1.165) is 0 Å². The molecule has 2 rings (SSSR count). The first-order valence-corrected chi connectivity index (χ1v) is 14.1. The van der Waals surface area contributed by atoms with Crippen LogP contribution in [0.2, 0.25) is 0 Å². The molecule has 0 spiro atoms. The molecule has 0 saturated heterocycles. The van der Waals surface area contributed by atoms with Crippen LogP contribution in [-0.2, 0) is 33.3 Å². The van der Waals surface area contributed by atoms with Gasteiger partial charge in [0.2, 0.25) is 0 Å². The van der Waals surface area contributed by atoms with Crippen LogP contribution >= 0.6 is 0 Å². The molecular formula is C28H46N2O10. The Kier molecular flexibility index (Phi) is 12.1. The molecule has 2 aliphatic carbocycles. The van der Waals surface area contributed by atoms with Crippen molar-refractivity contribution in [3.05, 3.63) is 0 Å². The Bertz CT molecular complexity index is 826. The van der Waals surface area contributed by atoms with E-state index in [2.05, 4.69) is 10.6 Å². The summed E-state index contributed by atoms with van der Waals surface area (Å²) in [5.74, 6) is -3.66. The SMILES string of the molecule is CC(C)(C)OC(=O)NC[C@H]1CC[C@H](C(=O)OC(OC(=O)[C@H]2CC[C@H](CNC(=O)OC(C)(C)C)CC2)C(=O)O)CC1. The third kappa shape index (κ3) is 12.4. The number of amides is 2. The molecule has 0 heterocycles. The van der Waals surface area contributed by atoms with E-state index in [9.17, 15) is 29.1 Å². The number of hydrogen-bond acceptors (Lipinski definition) is 9. The van der Waals surface area contributed by atoms with E-state index in [-0.39, 0.29) is 11.8 Å². The fraction of sp³-hybridized carbons (Fsp3) is 0.821. The molecule has 0 bridgehead atoms. The molecule has 2 saturated carbocycles. The minimum Gasteiger partial charge on any atom is -0.476 e. The van der Waals surface area contributed by atoms with Crippen LogP contribution in [-0.4, -0.2) is 65.8 Å². The number of carbonyl (C=O) groups excluding carboxylic acids is 4. The lowest BCUT2D eigenvalue weighted by Gasteiger charge is -2.29. The van der Waals surface area contributed by atoms with E-state index < -0.39 is 59.4 Å². The molecule has 2 aliphatic rings. The second-order valence-corrected chi connectivity index (χ2v) is 12.7. The van der Waals surface area contributed by atoms with Gasteiger partial charge in [0.1, 0.15) is 11.2 Å². The maximum atomic E-state index is 12.6. The van der Waals surface area contributed by atoms with Gasteiger partial charge in [-0.15, -0.1) is 0 Å². The monoisotopic (exact) mass is 570 g/mol. The topological polar surface area (TPSA) is 167 Å². The predicted molar refractivity (Wildman–Crippen MR) is 143 cm³/mol. The number of nitrogens with one attached hydrogen (secondary N) is 2. The number of carbonyl (C=O) groups is 5. The van der Waals surface area contributed by atoms with Crippen molar-refractivity contribution in [2.75, 3.05) is 13.1 Å². The van der Waals surface area contributed by atoms with E-state index >= 15 is 0 Å². The molecule has 3 N–H and O–H groups in total. The van der Waals surface area contributed by atoms with Gasteiger partial charge in [0.25, 0.3) is 0 Å². The van der Waals surface area contributed by atoms with E-state index in [1.54, 1.807) is 41.5 Å². The lowest BCUT2D eigenvalue weighted by atomic mass is 9.82. The van der Waals surface area contributed by atoms with Gasteiger partial charge < -0.3 is 34.7 Å². The Labute approximate surface area is 236 Å². The van der Waals surface area contributed by atoms with Crippen LogP contribution in [0.5, 0.6) is 0 Å². The summed E-state index contributed by atoms with van der Waals surface area (Å²) in [5, 5.41) is 15.0. The van der Waals surface area contributed by atoms with Crippen LogP contribution in [0, 0.1) is 23.7 Å². The fourth-order valence-corrected chi connectivity index (χ4v) is 4.82. The first-order chi connectivity index (χ1) is 18.5. The number of rotatable bonds is 9. The molecule has 40 heavy (non-hydrogen) atoms. The zero-order valence-corrected chi connectivity index (χ0v) is 24.6. The van der Waals surface area contributed by atoms with Gasteiger partial charge in [0.15, 0.2) is 0 Å². The first-order valence-electron chi connectivity index (χ1n) is 14.1. The summed E-state index contributed by atoms with van der Waals surface area (Å²) in [5.41, 5.74) is -1.18. The highest BCUT2D eigenvalue weighted by Gasteiger charge is 2.36. The van der Waals surface area contributed by atoms with Crippen molar-refractivity contribution >= 4 is 30.1 Å². The molecule has 228 valence electrons. The lowest BCUT2D eigenvalue weighted by molar-refractivity contribution is -0.206. The predicted octanol–water partition coefficient (Wildman–Crippen LogP) is 4.15. The summed E-state index contributed by atoms with van der Waals surface area (Å²) < 4.78 is 20.6. The normalized spacial score (nSPS) is 23.5. The highest BCUT2D eigenvalue weighted by Crippen LogP contribution is 2.31. The molecule has 0 aromatic carbocycles. The number of carboxylic acid groups (broad SMARTS) is 1. The first kappa shape index (κ1) is 33.2. The van der Waals surface area contributed by atoms with Crippen molar-refractivity contribution in [2.24, 2.45) is 23.7 Å². The number of ether oxygens (including phenoxy) is 4. The molecule has 0 atom stereocenters. The maximum absolute atomic E-state index is 12.6. The van der Waals surface area contributed by atoms with Gasteiger partial charge in [-0.3, -0.25) is 9.59 Å². The number of esters is 2. The van der Waals surface area contributed by atoms with Crippen LogP contribution in [0.15, 0.2) is 0 Å². The summed E-state index contributed by atoms with van der Waals surface area (Å²) in [6, 6.07) is 0. The molecule has 12 heteroatoms.